The summed E-state index contributed by atoms with van der Waals surface area (Å²) in [6.45, 7) is 0. The number of aromatic nitrogens is 4. The number of tetrazole rings is 1. The molecule has 2 aromatic rings. The summed E-state index contributed by atoms with van der Waals surface area (Å²) in [4.78, 5) is 12.5. The van der Waals surface area contributed by atoms with Crippen molar-refractivity contribution >= 4 is 5.91 Å². The van der Waals surface area contributed by atoms with Crippen molar-refractivity contribution in [1.82, 2.24) is 25.5 Å². The van der Waals surface area contributed by atoms with Crippen LogP contribution in [0, 0.1) is 0 Å². The molecule has 1 amide bonds. The molecule has 1 heterocycles. The predicted octanol–water partition coefficient (Wildman–Crippen LogP) is 0.662. The minimum atomic E-state index is -0.0958. The average molecular weight is 286 g/mol. The Hall–Kier alpha value is -2.28. The molecule has 0 aliphatic heterocycles. The number of hydrogen-bond donors (Lipinski definition) is 2. The van der Waals surface area contributed by atoms with Crippen molar-refractivity contribution in [1.29, 1.82) is 0 Å². The maximum absolute atomic E-state index is 12.5. The number of carbonyl (C=O) groups excluding carboxylic acids is 1. The highest BCUT2D eigenvalue weighted by Gasteiger charge is 2.22. The number of nitrogens with two attached hydrogens (primary N) is 1. The van der Waals surface area contributed by atoms with Crippen LogP contribution in [0.1, 0.15) is 36.0 Å². The zero-order chi connectivity index (χ0) is 14.7. The van der Waals surface area contributed by atoms with E-state index in [9.17, 15) is 4.79 Å². The smallest absolute Gasteiger partial charge is 0.253 e. The first-order valence-electron chi connectivity index (χ1n) is 7.13. The first-order chi connectivity index (χ1) is 10.2. The second-order valence-electron chi connectivity index (χ2n) is 5.36. The summed E-state index contributed by atoms with van der Waals surface area (Å²) in [5.41, 5.74) is 7.13. The van der Waals surface area contributed by atoms with Crippen molar-refractivity contribution in [3.05, 3.63) is 36.2 Å². The Bertz CT molecular complexity index is 604. The molecule has 7 heteroatoms. The molecule has 21 heavy (non-hydrogen) atoms. The molecule has 1 aromatic heterocycles. The summed E-state index contributed by atoms with van der Waals surface area (Å²) in [7, 11) is 0. The molecule has 1 fully saturated rings. The normalized spacial score (nSPS) is 22.0. The summed E-state index contributed by atoms with van der Waals surface area (Å²) >= 11 is 0. The molecule has 1 aromatic carbocycles. The molecule has 3 rings (SSSR count). The molecule has 1 saturated carbocycles. The number of nitrogens with zero attached hydrogens (tertiary/aromatic N) is 4. The van der Waals surface area contributed by atoms with Crippen LogP contribution in [0.25, 0.3) is 5.69 Å². The highest BCUT2D eigenvalue weighted by Crippen LogP contribution is 2.18. The highest BCUT2D eigenvalue weighted by molar-refractivity contribution is 5.97. The minimum absolute atomic E-state index is 0.0958. The lowest BCUT2D eigenvalue weighted by Crippen LogP contribution is -2.40. The van der Waals surface area contributed by atoms with Gasteiger partial charge >= 0.3 is 0 Å². The van der Waals surface area contributed by atoms with Gasteiger partial charge in [-0.2, -0.15) is 4.68 Å². The quantitative estimate of drug-likeness (QED) is 0.863. The number of carbonyl (C=O) groups is 1. The molecule has 0 saturated heterocycles. The fourth-order valence-corrected chi connectivity index (χ4v) is 2.66. The monoisotopic (exact) mass is 286 g/mol. The van der Waals surface area contributed by atoms with Crippen molar-refractivity contribution in [3.8, 4) is 5.69 Å². The molecule has 7 nitrogen and oxygen atoms in total. The van der Waals surface area contributed by atoms with E-state index in [1.165, 1.54) is 11.0 Å². The van der Waals surface area contributed by atoms with Crippen molar-refractivity contribution in [2.75, 3.05) is 0 Å². The molecule has 0 bridgehead atoms. The first kappa shape index (κ1) is 13.7. The molecule has 0 radical (unpaired) electrons. The van der Waals surface area contributed by atoms with Gasteiger partial charge in [-0.05, 0) is 48.2 Å². The summed E-state index contributed by atoms with van der Waals surface area (Å²) in [6, 6.07) is 7.75. The van der Waals surface area contributed by atoms with Crippen LogP contribution in [0.4, 0.5) is 0 Å². The van der Waals surface area contributed by atoms with Crippen LogP contribution in [0.15, 0.2) is 30.6 Å². The molecule has 0 atom stereocenters. The Labute approximate surface area is 122 Å². The highest BCUT2D eigenvalue weighted by atomic mass is 16.1. The lowest BCUT2D eigenvalue weighted by molar-refractivity contribution is 0.0925. The van der Waals surface area contributed by atoms with Crippen molar-refractivity contribution in [3.63, 3.8) is 0 Å². The first-order valence-corrected chi connectivity index (χ1v) is 7.13. The number of hydrogen-bond acceptors (Lipinski definition) is 5. The van der Waals surface area contributed by atoms with E-state index in [1.54, 1.807) is 6.07 Å². The summed E-state index contributed by atoms with van der Waals surface area (Å²) in [5, 5.41) is 14.1. The lowest BCUT2D eigenvalue weighted by Gasteiger charge is -2.27. The van der Waals surface area contributed by atoms with Gasteiger partial charge in [0, 0.05) is 12.1 Å². The molecular weight excluding hydrogens is 268 g/mol. The van der Waals surface area contributed by atoms with Gasteiger partial charge in [0.15, 0.2) is 0 Å². The molecule has 1 aliphatic carbocycles. The summed E-state index contributed by atoms with van der Waals surface area (Å²) < 4.78 is 1.49. The second kappa shape index (κ2) is 6.01. The van der Waals surface area contributed by atoms with Crippen LogP contribution in [0.2, 0.25) is 0 Å². The molecular formula is C14H18N6O. The van der Waals surface area contributed by atoms with Crippen LogP contribution in [0.5, 0.6) is 0 Å². The molecule has 3 N–H and O–H groups in total. The van der Waals surface area contributed by atoms with Crippen molar-refractivity contribution < 1.29 is 4.79 Å². The Kier molecular flexibility index (Phi) is 3.92. The number of rotatable bonds is 3. The van der Waals surface area contributed by atoms with Gasteiger partial charge in [-0.25, -0.2) is 0 Å². The van der Waals surface area contributed by atoms with E-state index in [-0.39, 0.29) is 18.0 Å². The van der Waals surface area contributed by atoms with Crippen LogP contribution in [-0.2, 0) is 0 Å². The van der Waals surface area contributed by atoms with E-state index in [1.807, 2.05) is 18.2 Å². The predicted molar refractivity (Wildman–Crippen MR) is 76.9 cm³/mol. The Morgan fingerprint density at radius 1 is 1.24 bits per heavy atom. The fraction of sp³-hybridized carbons (Fsp3) is 0.429. The van der Waals surface area contributed by atoms with E-state index >= 15 is 0 Å². The van der Waals surface area contributed by atoms with Crippen LogP contribution in [-0.4, -0.2) is 38.2 Å². The Morgan fingerprint density at radius 2 is 2.00 bits per heavy atom. The molecule has 110 valence electrons. The third-order valence-electron chi connectivity index (χ3n) is 3.85. The maximum atomic E-state index is 12.5. The van der Waals surface area contributed by atoms with Crippen LogP contribution in [0.3, 0.4) is 0 Å². The second-order valence-corrected chi connectivity index (χ2v) is 5.36. The van der Waals surface area contributed by atoms with E-state index in [4.69, 9.17) is 5.73 Å². The number of nitrogens with one attached hydrogen (secondary N) is 1. The summed E-state index contributed by atoms with van der Waals surface area (Å²) in [5.74, 6) is -0.0958. The van der Waals surface area contributed by atoms with Crippen molar-refractivity contribution in [2.24, 2.45) is 5.73 Å². The lowest BCUT2D eigenvalue weighted by atomic mass is 9.91. The number of amides is 1. The largest absolute Gasteiger partial charge is 0.349 e. The van der Waals surface area contributed by atoms with Gasteiger partial charge in [0.1, 0.15) is 6.33 Å². The van der Waals surface area contributed by atoms with Gasteiger partial charge in [0.25, 0.3) is 5.91 Å². The van der Waals surface area contributed by atoms with Crippen LogP contribution < -0.4 is 11.1 Å². The average Bonchev–Trinajstić information content (AvgIpc) is 3.04. The zero-order valence-electron chi connectivity index (χ0n) is 11.6. The third-order valence-corrected chi connectivity index (χ3v) is 3.85. The Morgan fingerprint density at radius 3 is 2.71 bits per heavy atom. The number of para-hydroxylation sites is 1. The molecule has 1 aliphatic rings. The van der Waals surface area contributed by atoms with Gasteiger partial charge in [0.05, 0.1) is 11.3 Å². The van der Waals surface area contributed by atoms with E-state index in [2.05, 4.69) is 20.8 Å². The van der Waals surface area contributed by atoms with Crippen molar-refractivity contribution in [2.45, 2.75) is 37.8 Å². The molecule has 0 unspecified atom stereocenters. The van der Waals surface area contributed by atoms with Gasteiger partial charge in [-0.3, -0.25) is 4.79 Å². The third kappa shape index (κ3) is 3.08. The standard InChI is InChI=1S/C14H18N6O/c15-10-5-7-11(8-6-10)17-14(21)12-3-1-2-4-13(12)20-9-16-18-19-20/h1-4,9-11H,5-8,15H2,(H,17,21). The van der Waals surface area contributed by atoms with E-state index in [0.717, 1.165) is 25.7 Å². The molecule has 0 spiro atoms. The Balaban J connectivity index is 1.76. The maximum Gasteiger partial charge on any atom is 0.253 e. The van der Waals surface area contributed by atoms with E-state index in [0.29, 0.717) is 11.3 Å². The SMILES string of the molecule is NC1CCC(NC(=O)c2ccccc2-n2cnnn2)CC1. The van der Waals surface area contributed by atoms with Gasteiger partial charge < -0.3 is 11.1 Å². The minimum Gasteiger partial charge on any atom is -0.349 e. The van der Waals surface area contributed by atoms with E-state index < -0.39 is 0 Å². The van der Waals surface area contributed by atoms with Crippen LogP contribution >= 0.6 is 0 Å². The summed E-state index contributed by atoms with van der Waals surface area (Å²) in [6.07, 6.45) is 5.25. The van der Waals surface area contributed by atoms with Gasteiger partial charge in [-0.15, -0.1) is 5.10 Å². The van der Waals surface area contributed by atoms with Gasteiger partial charge in [0.2, 0.25) is 0 Å². The van der Waals surface area contributed by atoms with Gasteiger partial charge in [-0.1, -0.05) is 12.1 Å². The zero-order valence-corrected chi connectivity index (χ0v) is 11.6. The topological polar surface area (TPSA) is 98.7 Å². The fourth-order valence-electron chi connectivity index (χ4n) is 2.66. The number of benzene rings is 1.